The van der Waals surface area contributed by atoms with Crippen molar-refractivity contribution in [2.24, 2.45) is 0 Å². The molecule has 2 heterocycles. The second kappa shape index (κ2) is 5.37. The zero-order chi connectivity index (χ0) is 15.6. The molecule has 21 heavy (non-hydrogen) atoms. The highest BCUT2D eigenvalue weighted by Gasteiger charge is 2.27. The van der Waals surface area contributed by atoms with Crippen molar-refractivity contribution in [2.45, 2.75) is 0 Å². The first-order valence-corrected chi connectivity index (χ1v) is 5.58. The van der Waals surface area contributed by atoms with E-state index in [0.717, 1.165) is 6.07 Å². The molecule has 106 valence electrons. The van der Waals surface area contributed by atoms with Gasteiger partial charge < -0.3 is 15.3 Å². The summed E-state index contributed by atoms with van der Waals surface area (Å²) >= 11 is 0. The van der Waals surface area contributed by atoms with Gasteiger partial charge in [-0.1, -0.05) is 6.07 Å². The first kappa shape index (κ1) is 14.1. The third-order valence-electron chi connectivity index (χ3n) is 2.59. The fraction of sp³-hybridized carbons (Fsp3) is 0. The number of aromatic nitrogens is 2. The van der Waals surface area contributed by atoms with Crippen LogP contribution in [-0.4, -0.2) is 43.2 Å². The minimum Gasteiger partial charge on any atom is -0.478 e. The quantitative estimate of drug-likeness (QED) is 0.763. The van der Waals surface area contributed by atoms with E-state index in [-0.39, 0.29) is 11.4 Å². The Morgan fingerprint density at radius 3 is 2.10 bits per heavy atom. The van der Waals surface area contributed by atoms with Crippen LogP contribution >= 0.6 is 0 Å². The molecule has 0 unspecified atom stereocenters. The monoisotopic (exact) mass is 288 g/mol. The molecule has 8 heteroatoms. The Morgan fingerprint density at radius 2 is 1.62 bits per heavy atom. The van der Waals surface area contributed by atoms with Crippen LogP contribution in [0.3, 0.4) is 0 Å². The predicted octanol–water partition coefficient (Wildman–Crippen LogP) is 1.24. The third kappa shape index (κ3) is 2.68. The molecule has 8 nitrogen and oxygen atoms in total. The molecule has 3 N–H and O–H groups in total. The Bertz CT molecular complexity index is 707. The number of hydrogen-bond acceptors (Lipinski definition) is 5. The molecule has 0 aliphatic heterocycles. The van der Waals surface area contributed by atoms with Crippen molar-refractivity contribution >= 4 is 17.9 Å². The van der Waals surface area contributed by atoms with Crippen LogP contribution in [0.1, 0.15) is 31.2 Å². The number of pyridine rings is 2. The Kier molecular flexibility index (Phi) is 3.61. The highest BCUT2D eigenvalue weighted by molar-refractivity contribution is 6.08. The molecule has 0 spiro atoms. The van der Waals surface area contributed by atoms with Gasteiger partial charge in [0.25, 0.3) is 0 Å². The second-order valence-corrected chi connectivity index (χ2v) is 3.91. The van der Waals surface area contributed by atoms with Crippen LogP contribution in [0, 0.1) is 0 Å². The van der Waals surface area contributed by atoms with Crippen LogP contribution in [0.15, 0.2) is 30.5 Å². The normalized spacial score (nSPS) is 10.1. The number of nitrogens with zero attached hydrogens (tertiary/aromatic N) is 2. The van der Waals surface area contributed by atoms with E-state index in [4.69, 9.17) is 15.3 Å². The average Bonchev–Trinajstić information content (AvgIpc) is 2.46. The van der Waals surface area contributed by atoms with E-state index in [2.05, 4.69) is 9.97 Å². The number of carboxylic acid groups (broad SMARTS) is 3. The molecule has 0 aromatic carbocycles. The number of carboxylic acids is 3. The summed E-state index contributed by atoms with van der Waals surface area (Å²) in [6.45, 7) is 0. The standard InChI is InChI=1S/C13H8N2O6/c16-11(17)6-5-8(7-3-1-2-4-14-7)15-10(13(20)21)9(6)12(18)19/h1-5H,(H,16,17)(H,18,19)(H,20,21). The van der Waals surface area contributed by atoms with Crippen LogP contribution in [0.5, 0.6) is 0 Å². The van der Waals surface area contributed by atoms with E-state index < -0.39 is 34.7 Å². The van der Waals surface area contributed by atoms with Gasteiger partial charge >= 0.3 is 17.9 Å². The molecule has 0 fully saturated rings. The summed E-state index contributed by atoms with van der Waals surface area (Å²) in [4.78, 5) is 41.1. The second-order valence-electron chi connectivity index (χ2n) is 3.91. The summed E-state index contributed by atoms with van der Waals surface area (Å²) in [5.41, 5.74) is -2.16. The Balaban J connectivity index is 2.80. The van der Waals surface area contributed by atoms with Crippen molar-refractivity contribution in [3.05, 3.63) is 47.3 Å². The van der Waals surface area contributed by atoms with Crippen molar-refractivity contribution in [3.63, 3.8) is 0 Å². The van der Waals surface area contributed by atoms with Gasteiger partial charge in [-0.25, -0.2) is 19.4 Å². The molecule has 0 atom stereocenters. The fourth-order valence-corrected chi connectivity index (χ4v) is 1.73. The Hall–Kier alpha value is -3.29. The summed E-state index contributed by atoms with van der Waals surface area (Å²) in [5, 5.41) is 27.2. The zero-order valence-corrected chi connectivity index (χ0v) is 10.3. The lowest BCUT2D eigenvalue weighted by Crippen LogP contribution is -2.17. The Morgan fingerprint density at radius 1 is 0.905 bits per heavy atom. The molecular formula is C13H8N2O6. The summed E-state index contributed by atoms with van der Waals surface area (Å²) in [5.74, 6) is -4.87. The van der Waals surface area contributed by atoms with Crippen molar-refractivity contribution in [1.82, 2.24) is 9.97 Å². The smallest absolute Gasteiger partial charge is 0.355 e. The highest BCUT2D eigenvalue weighted by atomic mass is 16.4. The predicted molar refractivity (Wildman–Crippen MR) is 68.3 cm³/mol. The van der Waals surface area contributed by atoms with Gasteiger partial charge in [0.1, 0.15) is 5.56 Å². The van der Waals surface area contributed by atoms with Gasteiger partial charge in [0.05, 0.1) is 17.0 Å². The van der Waals surface area contributed by atoms with Gasteiger partial charge in [-0.05, 0) is 18.2 Å². The van der Waals surface area contributed by atoms with E-state index in [0.29, 0.717) is 0 Å². The lowest BCUT2D eigenvalue weighted by Gasteiger charge is -2.08. The maximum atomic E-state index is 11.2. The summed E-state index contributed by atoms with van der Waals surface area (Å²) < 4.78 is 0. The lowest BCUT2D eigenvalue weighted by atomic mass is 10.0. The average molecular weight is 288 g/mol. The topological polar surface area (TPSA) is 138 Å². The molecule has 2 aromatic rings. The third-order valence-corrected chi connectivity index (χ3v) is 2.59. The van der Waals surface area contributed by atoms with E-state index in [9.17, 15) is 14.4 Å². The van der Waals surface area contributed by atoms with Crippen LogP contribution in [0.25, 0.3) is 11.4 Å². The first-order chi connectivity index (χ1) is 9.91. The number of hydrogen-bond donors (Lipinski definition) is 3. The van der Waals surface area contributed by atoms with Gasteiger partial charge in [-0.15, -0.1) is 0 Å². The summed E-state index contributed by atoms with van der Waals surface area (Å²) in [7, 11) is 0. The van der Waals surface area contributed by atoms with Crippen LogP contribution in [0.2, 0.25) is 0 Å². The van der Waals surface area contributed by atoms with E-state index in [1.807, 2.05) is 0 Å². The van der Waals surface area contributed by atoms with Gasteiger partial charge in [-0.2, -0.15) is 0 Å². The van der Waals surface area contributed by atoms with Crippen LogP contribution in [-0.2, 0) is 0 Å². The first-order valence-electron chi connectivity index (χ1n) is 5.58. The van der Waals surface area contributed by atoms with E-state index >= 15 is 0 Å². The van der Waals surface area contributed by atoms with Gasteiger partial charge in [0, 0.05) is 6.20 Å². The van der Waals surface area contributed by atoms with Crippen LogP contribution < -0.4 is 0 Å². The molecule has 0 aliphatic rings. The maximum Gasteiger partial charge on any atom is 0.355 e. The molecule has 0 aliphatic carbocycles. The van der Waals surface area contributed by atoms with Gasteiger partial charge in [0.2, 0.25) is 0 Å². The van der Waals surface area contributed by atoms with Crippen molar-refractivity contribution in [3.8, 4) is 11.4 Å². The number of carbonyl (C=O) groups is 3. The number of rotatable bonds is 4. The minimum absolute atomic E-state index is 0.0320. The molecule has 0 saturated carbocycles. The largest absolute Gasteiger partial charge is 0.478 e. The molecule has 0 bridgehead atoms. The minimum atomic E-state index is -1.68. The van der Waals surface area contributed by atoms with Gasteiger partial charge in [-0.3, -0.25) is 4.98 Å². The summed E-state index contributed by atoms with van der Waals surface area (Å²) in [6.07, 6.45) is 1.42. The molecule has 2 aromatic heterocycles. The van der Waals surface area contributed by atoms with Crippen molar-refractivity contribution in [1.29, 1.82) is 0 Å². The Labute approximate surface area is 117 Å². The van der Waals surface area contributed by atoms with E-state index in [1.54, 1.807) is 12.1 Å². The fourth-order valence-electron chi connectivity index (χ4n) is 1.73. The zero-order valence-electron chi connectivity index (χ0n) is 10.3. The summed E-state index contributed by atoms with van der Waals surface area (Å²) in [6, 6.07) is 5.71. The van der Waals surface area contributed by atoms with Crippen LogP contribution in [0.4, 0.5) is 0 Å². The molecule has 0 amide bonds. The van der Waals surface area contributed by atoms with Gasteiger partial charge in [0.15, 0.2) is 5.69 Å². The van der Waals surface area contributed by atoms with Crippen molar-refractivity contribution in [2.75, 3.05) is 0 Å². The van der Waals surface area contributed by atoms with E-state index in [1.165, 1.54) is 12.3 Å². The maximum absolute atomic E-state index is 11.2. The molecule has 0 saturated heterocycles. The molecule has 0 radical (unpaired) electrons. The SMILES string of the molecule is O=C(O)c1cc(-c2ccccn2)nc(C(=O)O)c1C(=O)O. The highest BCUT2D eigenvalue weighted by Crippen LogP contribution is 2.21. The molecule has 2 rings (SSSR count). The number of aromatic carboxylic acids is 3. The van der Waals surface area contributed by atoms with Crippen molar-refractivity contribution < 1.29 is 29.7 Å². The lowest BCUT2D eigenvalue weighted by molar-refractivity contribution is 0.0629. The molecular weight excluding hydrogens is 280 g/mol.